The molecule has 0 amide bonds. The summed E-state index contributed by atoms with van der Waals surface area (Å²) in [5.74, 6) is 0. The zero-order valence-electron chi connectivity index (χ0n) is 12.3. The molecule has 3 nitrogen and oxygen atoms in total. The average Bonchev–Trinajstić information content (AvgIpc) is 3.04. The maximum absolute atomic E-state index is 6.45. The summed E-state index contributed by atoms with van der Waals surface area (Å²) in [5.41, 5.74) is 9.78. The van der Waals surface area contributed by atoms with Crippen LogP contribution in [0.25, 0.3) is 0 Å². The summed E-state index contributed by atoms with van der Waals surface area (Å²) in [6.07, 6.45) is 2.62. The molecule has 0 saturated carbocycles. The molecule has 0 spiro atoms. The van der Waals surface area contributed by atoms with E-state index in [1.165, 1.54) is 10.4 Å². The molecule has 0 saturated heterocycles. The Labute approximate surface area is 129 Å². The van der Waals surface area contributed by atoms with Gasteiger partial charge in [-0.3, -0.25) is 4.68 Å². The molecule has 2 heterocycles. The van der Waals surface area contributed by atoms with E-state index in [0.29, 0.717) is 0 Å². The number of nitrogens with two attached hydrogens (primary N) is 1. The van der Waals surface area contributed by atoms with Crippen LogP contribution in [-0.2, 0) is 25.8 Å². The molecular formula is C15H22ClN3S. The molecule has 1 atom stereocenters. The molecule has 0 aromatic carbocycles. The van der Waals surface area contributed by atoms with Crippen LogP contribution in [0.15, 0.2) is 11.4 Å². The Hall–Kier alpha value is -0.840. The van der Waals surface area contributed by atoms with Crippen LogP contribution in [0.2, 0.25) is 5.02 Å². The van der Waals surface area contributed by atoms with E-state index in [-0.39, 0.29) is 6.04 Å². The predicted molar refractivity (Wildman–Crippen MR) is 86.6 cm³/mol. The molecule has 2 N–H and O–H groups in total. The summed E-state index contributed by atoms with van der Waals surface area (Å²) >= 11 is 8.19. The van der Waals surface area contributed by atoms with E-state index >= 15 is 0 Å². The maximum Gasteiger partial charge on any atom is 0.0850 e. The normalized spacial score (nSPS) is 12.8. The number of thiophene rings is 1. The lowest BCUT2D eigenvalue weighted by Gasteiger charge is -2.13. The second-order valence-electron chi connectivity index (χ2n) is 4.85. The Morgan fingerprint density at radius 1 is 1.35 bits per heavy atom. The minimum atomic E-state index is -0.00541. The topological polar surface area (TPSA) is 43.8 Å². The molecule has 5 heteroatoms. The van der Waals surface area contributed by atoms with Crippen LogP contribution in [0, 0.1) is 0 Å². The number of nitrogens with zero attached hydrogens (tertiary/aromatic N) is 2. The van der Waals surface area contributed by atoms with Gasteiger partial charge in [-0.15, -0.1) is 11.3 Å². The third-order valence-corrected chi connectivity index (χ3v) is 5.13. The van der Waals surface area contributed by atoms with Gasteiger partial charge in [-0.2, -0.15) is 5.10 Å². The molecular weight excluding hydrogens is 290 g/mol. The SMILES string of the molecule is CCc1ccsc1C(N)Cc1c(Cl)c(CC)nn1CC. The van der Waals surface area contributed by atoms with Gasteiger partial charge in [0.1, 0.15) is 0 Å². The summed E-state index contributed by atoms with van der Waals surface area (Å²) < 4.78 is 1.99. The molecule has 0 radical (unpaired) electrons. The summed E-state index contributed by atoms with van der Waals surface area (Å²) in [5, 5.41) is 7.46. The third kappa shape index (κ3) is 2.92. The molecule has 0 aliphatic carbocycles. The molecule has 0 bridgehead atoms. The minimum absolute atomic E-state index is 0.00541. The van der Waals surface area contributed by atoms with E-state index in [0.717, 1.165) is 42.2 Å². The molecule has 0 fully saturated rings. The largest absolute Gasteiger partial charge is 0.323 e. The van der Waals surface area contributed by atoms with Gasteiger partial charge in [0.2, 0.25) is 0 Å². The van der Waals surface area contributed by atoms with Crippen molar-refractivity contribution in [2.24, 2.45) is 5.73 Å². The zero-order valence-corrected chi connectivity index (χ0v) is 13.9. The highest BCUT2D eigenvalue weighted by atomic mass is 35.5. The van der Waals surface area contributed by atoms with Gasteiger partial charge in [-0.25, -0.2) is 0 Å². The quantitative estimate of drug-likeness (QED) is 0.876. The monoisotopic (exact) mass is 311 g/mol. The Balaban J connectivity index is 2.27. The van der Waals surface area contributed by atoms with Gasteiger partial charge in [0, 0.05) is 23.9 Å². The van der Waals surface area contributed by atoms with Gasteiger partial charge < -0.3 is 5.73 Å². The first-order valence-electron chi connectivity index (χ1n) is 7.18. The van der Waals surface area contributed by atoms with Gasteiger partial charge in [0.15, 0.2) is 0 Å². The zero-order chi connectivity index (χ0) is 14.7. The number of aromatic nitrogens is 2. The highest BCUT2D eigenvalue weighted by Gasteiger charge is 2.19. The van der Waals surface area contributed by atoms with Gasteiger partial charge in [0.25, 0.3) is 0 Å². The Morgan fingerprint density at radius 2 is 2.10 bits per heavy atom. The van der Waals surface area contributed by atoms with Crippen LogP contribution in [0.1, 0.15) is 48.6 Å². The Morgan fingerprint density at radius 3 is 2.70 bits per heavy atom. The Kier molecular flexibility index (Phi) is 5.24. The standard InChI is InChI=1S/C15H22ClN3S/c1-4-10-7-8-20-15(10)11(17)9-13-14(16)12(5-2)18-19(13)6-3/h7-8,11H,4-6,9,17H2,1-3H3. The lowest BCUT2D eigenvalue weighted by Crippen LogP contribution is -2.16. The second-order valence-corrected chi connectivity index (χ2v) is 6.18. The maximum atomic E-state index is 6.45. The second kappa shape index (κ2) is 6.74. The smallest absolute Gasteiger partial charge is 0.0850 e. The fourth-order valence-electron chi connectivity index (χ4n) is 2.48. The van der Waals surface area contributed by atoms with E-state index in [9.17, 15) is 0 Å². The fraction of sp³-hybridized carbons (Fsp3) is 0.533. The first-order valence-corrected chi connectivity index (χ1v) is 8.43. The molecule has 2 aromatic rings. The van der Waals surface area contributed by atoms with Gasteiger partial charge in [-0.1, -0.05) is 25.4 Å². The lowest BCUT2D eigenvalue weighted by molar-refractivity contribution is 0.587. The van der Waals surface area contributed by atoms with Crippen molar-refractivity contribution in [1.29, 1.82) is 0 Å². The molecule has 0 aliphatic heterocycles. The molecule has 2 rings (SSSR count). The molecule has 2 aromatic heterocycles. The van der Waals surface area contributed by atoms with Crippen LogP contribution in [0.4, 0.5) is 0 Å². The molecule has 0 aliphatic rings. The molecule has 1 unspecified atom stereocenters. The first kappa shape index (κ1) is 15.5. The van der Waals surface area contributed by atoms with Crippen molar-refractivity contribution in [2.75, 3.05) is 0 Å². The van der Waals surface area contributed by atoms with Crippen molar-refractivity contribution in [3.63, 3.8) is 0 Å². The lowest BCUT2D eigenvalue weighted by atomic mass is 10.1. The van der Waals surface area contributed by atoms with Crippen LogP contribution < -0.4 is 5.73 Å². The van der Waals surface area contributed by atoms with Crippen molar-refractivity contribution in [2.45, 2.75) is 52.6 Å². The molecule has 20 heavy (non-hydrogen) atoms. The fourth-order valence-corrected chi connectivity index (χ4v) is 3.83. The van der Waals surface area contributed by atoms with Crippen molar-refractivity contribution in [1.82, 2.24) is 9.78 Å². The van der Waals surface area contributed by atoms with Crippen molar-refractivity contribution >= 4 is 22.9 Å². The van der Waals surface area contributed by atoms with E-state index in [4.69, 9.17) is 17.3 Å². The average molecular weight is 312 g/mol. The third-order valence-electron chi connectivity index (χ3n) is 3.61. The Bertz CT molecular complexity index is 574. The summed E-state index contributed by atoms with van der Waals surface area (Å²) in [6, 6.07) is 2.16. The van der Waals surface area contributed by atoms with Gasteiger partial charge >= 0.3 is 0 Å². The van der Waals surface area contributed by atoms with Gasteiger partial charge in [-0.05, 0) is 36.8 Å². The van der Waals surface area contributed by atoms with Gasteiger partial charge in [0.05, 0.1) is 16.4 Å². The summed E-state index contributed by atoms with van der Waals surface area (Å²) in [6.45, 7) is 7.15. The minimum Gasteiger partial charge on any atom is -0.323 e. The van der Waals surface area contributed by atoms with Crippen molar-refractivity contribution < 1.29 is 0 Å². The van der Waals surface area contributed by atoms with Crippen LogP contribution in [0.3, 0.4) is 0 Å². The summed E-state index contributed by atoms with van der Waals surface area (Å²) in [4.78, 5) is 1.27. The van der Waals surface area contributed by atoms with Crippen molar-refractivity contribution in [3.8, 4) is 0 Å². The summed E-state index contributed by atoms with van der Waals surface area (Å²) in [7, 11) is 0. The predicted octanol–water partition coefficient (Wildman–Crippen LogP) is 3.99. The molecule has 110 valence electrons. The van der Waals surface area contributed by atoms with Crippen LogP contribution >= 0.6 is 22.9 Å². The number of halogens is 1. The van der Waals surface area contributed by atoms with E-state index in [1.54, 1.807) is 11.3 Å². The highest BCUT2D eigenvalue weighted by molar-refractivity contribution is 7.10. The number of rotatable bonds is 6. The highest BCUT2D eigenvalue weighted by Crippen LogP contribution is 2.30. The van der Waals surface area contributed by atoms with E-state index in [2.05, 4.69) is 37.3 Å². The number of hydrogen-bond acceptors (Lipinski definition) is 3. The van der Waals surface area contributed by atoms with E-state index in [1.807, 2.05) is 4.68 Å². The first-order chi connectivity index (χ1) is 9.62. The van der Waals surface area contributed by atoms with Crippen LogP contribution in [0.5, 0.6) is 0 Å². The van der Waals surface area contributed by atoms with Crippen molar-refractivity contribution in [3.05, 3.63) is 38.3 Å². The van der Waals surface area contributed by atoms with E-state index < -0.39 is 0 Å². The number of aryl methyl sites for hydroxylation is 3. The number of hydrogen-bond donors (Lipinski definition) is 1. The van der Waals surface area contributed by atoms with Crippen LogP contribution in [-0.4, -0.2) is 9.78 Å².